The van der Waals surface area contributed by atoms with Crippen LogP contribution in [0.3, 0.4) is 0 Å². The van der Waals surface area contributed by atoms with Gasteiger partial charge in [0.1, 0.15) is 12.4 Å². The molecule has 0 radical (unpaired) electrons. The summed E-state index contributed by atoms with van der Waals surface area (Å²) in [5.41, 5.74) is 3.19. The number of para-hydroxylation sites is 1. The van der Waals surface area contributed by atoms with Gasteiger partial charge in [0.25, 0.3) is 0 Å². The summed E-state index contributed by atoms with van der Waals surface area (Å²) in [6.07, 6.45) is 5.01. The van der Waals surface area contributed by atoms with Gasteiger partial charge in [0.2, 0.25) is 0 Å². The average Bonchev–Trinajstić information content (AvgIpc) is 2.84. The van der Waals surface area contributed by atoms with Crippen LogP contribution in [-0.4, -0.2) is 62.7 Å². The SMILES string of the molecule is COc1cccc(-c2ccc(OCC3CCCCO3)c(CN3CCC(O)CC3)c2)c1OC. The first-order valence-electron chi connectivity index (χ1n) is 11.7. The number of likely N-dealkylation sites (tertiary alicyclic amines) is 1. The van der Waals surface area contributed by atoms with Crippen LogP contribution in [0.4, 0.5) is 0 Å². The fourth-order valence-electron chi connectivity index (χ4n) is 4.57. The topological polar surface area (TPSA) is 60.4 Å². The highest BCUT2D eigenvalue weighted by molar-refractivity contribution is 5.75. The van der Waals surface area contributed by atoms with E-state index in [1.54, 1.807) is 14.2 Å². The molecule has 0 saturated carbocycles. The summed E-state index contributed by atoms with van der Waals surface area (Å²) in [5.74, 6) is 2.34. The quantitative estimate of drug-likeness (QED) is 0.660. The molecule has 2 heterocycles. The molecular weight excluding hydrogens is 406 g/mol. The van der Waals surface area contributed by atoms with E-state index in [1.165, 1.54) is 6.42 Å². The summed E-state index contributed by atoms with van der Waals surface area (Å²) in [4.78, 5) is 2.39. The molecule has 2 aliphatic rings. The molecule has 2 aromatic carbocycles. The van der Waals surface area contributed by atoms with E-state index >= 15 is 0 Å². The van der Waals surface area contributed by atoms with Crippen molar-refractivity contribution in [3.8, 4) is 28.4 Å². The Bertz CT molecular complexity index is 873. The lowest BCUT2D eigenvalue weighted by molar-refractivity contribution is -0.0114. The van der Waals surface area contributed by atoms with Gasteiger partial charge in [-0.25, -0.2) is 0 Å². The van der Waals surface area contributed by atoms with E-state index < -0.39 is 0 Å². The molecule has 0 aromatic heterocycles. The van der Waals surface area contributed by atoms with Crippen molar-refractivity contribution in [2.45, 2.75) is 50.9 Å². The molecule has 2 aliphatic heterocycles. The average molecular weight is 442 g/mol. The van der Waals surface area contributed by atoms with Gasteiger partial charge in [0, 0.05) is 37.4 Å². The zero-order chi connectivity index (χ0) is 22.3. The zero-order valence-electron chi connectivity index (χ0n) is 19.2. The van der Waals surface area contributed by atoms with Gasteiger partial charge >= 0.3 is 0 Å². The van der Waals surface area contributed by atoms with Gasteiger partial charge in [-0.05, 0) is 55.9 Å². The molecule has 0 amide bonds. The summed E-state index contributed by atoms with van der Waals surface area (Å²) < 4.78 is 23.3. The lowest BCUT2D eigenvalue weighted by Crippen LogP contribution is -2.35. The number of methoxy groups -OCH3 is 2. The number of hydrogen-bond donors (Lipinski definition) is 1. The first-order chi connectivity index (χ1) is 15.7. The Morgan fingerprint density at radius 3 is 2.56 bits per heavy atom. The van der Waals surface area contributed by atoms with Crippen molar-refractivity contribution in [2.75, 3.05) is 40.5 Å². The minimum Gasteiger partial charge on any atom is -0.493 e. The number of aliphatic hydroxyl groups excluding tert-OH is 1. The standard InChI is InChI=1S/C26H35NO5/c1-29-25-8-5-7-23(26(25)30-2)19-9-10-24(32-18-22-6-3-4-15-31-22)20(16-19)17-27-13-11-21(28)12-14-27/h5,7-10,16,21-22,28H,3-4,6,11-15,17-18H2,1-2H3. The lowest BCUT2D eigenvalue weighted by Gasteiger charge is -2.30. The molecule has 6 heteroatoms. The predicted molar refractivity (Wildman–Crippen MR) is 125 cm³/mol. The largest absolute Gasteiger partial charge is 0.493 e. The highest BCUT2D eigenvalue weighted by atomic mass is 16.5. The predicted octanol–water partition coefficient (Wildman–Crippen LogP) is 4.28. The van der Waals surface area contributed by atoms with Crippen LogP contribution in [0.15, 0.2) is 36.4 Å². The third-order valence-electron chi connectivity index (χ3n) is 6.42. The lowest BCUT2D eigenvalue weighted by atomic mass is 10.00. The normalized spacial score (nSPS) is 20.2. The molecule has 1 unspecified atom stereocenters. The van der Waals surface area contributed by atoms with Crippen LogP contribution in [0.1, 0.15) is 37.7 Å². The number of rotatable bonds is 8. The molecule has 0 spiro atoms. The molecule has 4 rings (SSSR count). The Morgan fingerprint density at radius 1 is 1.00 bits per heavy atom. The molecule has 32 heavy (non-hydrogen) atoms. The zero-order valence-corrected chi connectivity index (χ0v) is 19.2. The number of hydrogen-bond acceptors (Lipinski definition) is 6. The van der Waals surface area contributed by atoms with Gasteiger partial charge in [0.15, 0.2) is 11.5 Å². The van der Waals surface area contributed by atoms with E-state index in [2.05, 4.69) is 23.1 Å². The van der Waals surface area contributed by atoms with Crippen LogP contribution in [0.2, 0.25) is 0 Å². The van der Waals surface area contributed by atoms with Crippen molar-refractivity contribution in [1.82, 2.24) is 4.90 Å². The minimum atomic E-state index is -0.183. The van der Waals surface area contributed by atoms with E-state index in [1.807, 2.05) is 18.2 Å². The molecule has 1 atom stereocenters. The maximum Gasteiger partial charge on any atom is 0.168 e. The van der Waals surface area contributed by atoms with Crippen LogP contribution >= 0.6 is 0 Å². The Morgan fingerprint density at radius 2 is 1.84 bits per heavy atom. The number of nitrogens with zero attached hydrogens (tertiary/aromatic N) is 1. The molecule has 2 fully saturated rings. The molecule has 0 aliphatic carbocycles. The highest BCUT2D eigenvalue weighted by Gasteiger charge is 2.21. The monoisotopic (exact) mass is 441 g/mol. The van der Waals surface area contributed by atoms with Crippen molar-refractivity contribution < 1.29 is 24.1 Å². The second-order valence-corrected chi connectivity index (χ2v) is 8.67. The Labute approximate surface area is 191 Å². The Hall–Kier alpha value is -2.28. The van der Waals surface area contributed by atoms with Gasteiger partial charge < -0.3 is 24.1 Å². The van der Waals surface area contributed by atoms with Gasteiger partial charge in [-0.1, -0.05) is 18.2 Å². The summed E-state index contributed by atoms with van der Waals surface area (Å²) in [6.45, 7) is 3.96. The van der Waals surface area contributed by atoms with Crippen molar-refractivity contribution in [3.05, 3.63) is 42.0 Å². The van der Waals surface area contributed by atoms with Crippen molar-refractivity contribution in [3.63, 3.8) is 0 Å². The fourth-order valence-corrected chi connectivity index (χ4v) is 4.57. The molecular formula is C26H35NO5. The van der Waals surface area contributed by atoms with Gasteiger partial charge in [-0.3, -0.25) is 4.90 Å². The number of benzene rings is 2. The molecule has 6 nitrogen and oxygen atoms in total. The number of aliphatic hydroxyl groups is 1. The van der Waals surface area contributed by atoms with Crippen LogP contribution in [-0.2, 0) is 11.3 Å². The Kier molecular flexibility index (Phi) is 7.90. The van der Waals surface area contributed by atoms with E-state index in [4.69, 9.17) is 18.9 Å². The molecule has 0 bridgehead atoms. The van der Waals surface area contributed by atoms with Crippen LogP contribution in [0.25, 0.3) is 11.1 Å². The van der Waals surface area contributed by atoms with E-state index in [9.17, 15) is 5.11 Å². The molecule has 2 aromatic rings. The highest BCUT2D eigenvalue weighted by Crippen LogP contribution is 2.39. The second kappa shape index (κ2) is 11.0. The third-order valence-corrected chi connectivity index (χ3v) is 6.42. The molecule has 1 N–H and O–H groups in total. The van der Waals surface area contributed by atoms with Crippen molar-refractivity contribution in [2.24, 2.45) is 0 Å². The summed E-state index contributed by atoms with van der Waals surface area (Å²) in [7, 11) is 3.32. The first kappa shape index (κ1) is 22.9. The van der Waals surface area contributed by atoms with Crippen LogP contribution < -0.4 is 14.2 Å². The van der Waals surface area contributed by atoms with E-state index in [0.29, 0.717) is 12.4 Å². The van der Waals surface area contributed by atoms with Crippen LogP contribution in [0.5, 0.6) is 17.2 Å². The molecule has 2 saturated heterocycles. The summed E-state index contributed by atoms with van der Waals surface area (Å²) in [6, 6.07) is 12.3. The number of ether oxygens (including phenoxy) is 4. The van der Waals surface area contributed by atoms with Crippen LogP contribution in [0, 0.1) is 0 Å². The van der Waals surface area contributed by atoms with Gasteiger partial charge in [0.05, 0.1) is 26.4 Å². The fraction of sp³-hybridized carbons (Fsp3) is 0.538. The number of piperidine rings is 1. The Balaban J connectivity index is 1.60. The smallest absolute Gasteiger partial charge is 0.168 e. The van der Waals surface area contributed by atoms with Gasteiger partial charge in [-0.2, -0.15) is 0 Å². The summed E-state index contributed by atoms with van der Waals surface area (Å²) in [5, 5.41) is 9.88. The minimum absolute atomic E-state index is 0.167. The first-order valence-corrected chi connectivity index (χ1v) is 11.7. The third kappa shape index (κ3) is 5.55. The maximum absolute atomic E-state index is 9.88. The second-order valence-electron chi connectivity index (χ2n) is 8.67. The maximum atomic E-state index is 9.88. The molecule has 174 valence electrons. The van der Waals surface area contributed by atoms with Gasteiger partial charge in [-0.15, -0.1) is 0 Å². The van der Waals surface area contributed by atoms with Crippen molar-refractivity contribution in [1.29, 1.82) is 0 Å². The van der Waals surface area contributed by atoms with Crippen molar-refractivity contribution >= 4 is 0 Å². The summed E-state index contributed by atoms with van der Waals surface area (Å²) >= 11 is 0. The van der Waals surface area contributed by atoms with E-state index in [-0.39, 0.29) is 12.2 Å². The van der Waals surface area contributed by atoms with E-state index in [0.717, 1.165) is 80.1 Å².